The van der Waals surface area contributed by atoms with E-state index in [1.807, 2.05) is 19.2 Å². The van der Waals surface area contributed by atoms with E-state index in [4.69, 9.17) is 15.2 Å². The van der Waals surface area contributed by atoms with E-state index >= 15 is 0 Å². The fourth-order valence-electron chi connectivity index (χ4n) is 2.42. The van der Waals surface area contributed by atoms with Gasteiger partial charge in [-0.25, -0.2) is 0 Å². The molecule has 19 heavy (non-hydrogen) atoms. The van der Waals surface area contributed by atoms with Crippen LogP contribution in [-0.2, 0) is 13.5 Å². The lowest BCUT2D eigenvalue weighted by molar-refractivity contribution is 0.243. The molecular formula is C14H17N3O2. The molecule has 1 aliphatic heterocycles. The maximum Gasteiger partial charge on any atom is 0.164 e. The fraction of sp³-hybridized carbons (Fsp3) is 0.357. The van der Waals surface area contributed by atoms with Crippen LogP contribution in [0.1, 0.15) is 12.5 Å². The van der Waals surface area contributed by atoms with Crippen LogP contribution in [0.15, 0.2) is 18.2 Å². The Hall–Kier alpha value is -2.17. The summed E-state index contributed by atoms with van der Waals surface area (Å²) in [4.78, 5) is 0. The third kappa shape index (κ3) is 1.91. The van der Waals surface area contributed by atoms with Crippen molar-refractivity contribution in [2.24, 2.45) is 7.05 Å². The number of aryl methyl sites for hydroxylation is 1. The van der Waals surface area contributed by atoms with Gasteiger partial charge in [0.1, 0.15) is 11.9 Å². The van der Waals surface area contributed by atoms with Crippen LogP contribution in [0.25, 0.3) is 11.3 Å². The van der Waals surface area contributed by atoms with E-state index in [1.165, 1.54) is 0 Å². The first kappa shape index (κ1) is 11.9. The Balaban J connectivity index is 2.11. The van der Waals surface area contributed by atoms with Crippen molar-refractivity contribution in [3.8, 4) is 22.8 Å². The molecule has 0 bridgehead atoms. The number of nitrogens with two attached hydrogens (primary N) is 1. The van der Waals surface area contributed by atoms with Crippen LogP contribution in [0, 0.1) is 0 Å². The van der Waals surface area contributed by atoms with Crippen molar-refractivity contribution in [1.82, 2.24) is 9.78 Å². The molecule has 0 spiro atoms. The van der Waals surface area contributed by atoms with Crippen LogP contribution in [0.3, 0.4) is 0 Å². The molecule has 0 radical (unpaired) electrons. The molecule has 0 aliphatic carbocycles. The average Bonchev–Trinajstić information content (AvgIpc) is 2.90. The first-order valence-electron chi connectivity index (χ1n) is 6.26. The molecular weight excluding hydrogens is 242 g/mol. The predicted molar refractivity (Wildman–Crippen MR) is 73.4 cm³/mol. The predicted octanol–water partition coefficient (Wildman–Crippen LogP) is 2.00. The van der Waals surface area contributed by atoms with Crippen molar-refractivity contribution >= 4 is 5.82 Å². The summed E-state index contributed by atoms with van der Waals surface area (Å²) in [5, 5.41) is 4.40. The first-order chi connectivity index (χ1) is 9.08. The van der Waals surface area contributed by atoms with Crippen molar-refractivity contribution < 1.29 is 9.47 Å². The highest BCUT2D eigenvalue weighted by atomic mass is 16.5. The van der Waals surface area contributed by atoms with Crippen LogP contribution in [0.2, 0.25) is 0 Å². The normalized spacial score (nSPS) is 17.1. The van der Waals surface area contributed by atoms with Crippen molar-refractivity contribution in [2.75, 3.05) is 12.8 Å². The Labute approximate surface area is 111 Å². The number of aromatic nitrogens is 2. The number of methoxy groups -OCH3 is 1. The van der Waals surface area contributed by atoms with Gasteiger partial charge in [0.2, 0.25) is 0 Å². The molecule has 100 valence electrons. The topological polar surface area (TPSA) is 62.3 Å². The number of benzene rings is 1. The van der Waals surface area contributed by atoms with E-state index in [1.54, 1.807) is 11.8 Å². The summed E-state index contributed by atoms with van der Waals surface area (Å²) in [5.74, 6) is 2.24. The van der Waals surface area contributed by atoms with E-state index in [0.29, 0.717) is 5.82 Å². The highest BCUT2D eigenvalue weighted by Crippen LogP contribution is 2.41. The SMILES string of the molecule is COc1cc(-c2cc(N)n(C)n2)cc2c1OC(C)C2. The van der Waals surface area contributed by atoms with Gasteiger partial charge in [0.05, 0.1) is 12.8 Å². The third-order valence-electron chi connectivity index (χ3n) is 3.39. The summed E-state index contributed by atoms with van der Waals surface area (Å²) in [6.07, 6.45) is 1.08. The molecule has 1 atom stereocenters. The number of rotatable bonds is 2. The van der Waals surface area contributed by atoms with Gasteiger partial charge in [-0.05, 0) is 19.1 Å². The van der Waals surface area contributed by atoms with Crippen LogP contribution in [0.5, 0.6) is 11.5 Å². The third-order valence-corrected chi connectivity index (χ3v) is 3.39. The molecule has 0 amide bonds. The van der Waals surface area contributed by atoms with Crippen molar-refractivity contribution in [2.45, 2.75) is 19.4 Å². The lowest BCUT2D eigenvalue weighted by atomic mass is 10.0. The number of ether oxygens (including phenoxy) is 2. The Morgan fingerprint density at radius 3 is 2.84 bits per heavy atom. The first-order valence-corrected chi connectivity index (χ1v) is 6.26. The summed E-state index contributed by atoms with van der Waals surface area (Å²) < 4.78 is 12.8. The van der Waals surface area contributed by atoms with Gasteiger partial charge in [-0.2, -0.15) is 5.10 Å². The monoisotopic (exact) mass is 259 g/mol. The van der Waals surface area contributed by atoms with E-state index in [0.717, 1.165) is 34.7 Å². The summed E-state index contributed by atoms with van der Waals surface area (Å²) in [7, 11) is 3.48. The van der Waals surface area contributed by atoms with E-state index < -0.39 is 0 Å². The summed E-state index contributed by atoms with van der Waals surface area (Å²) in [5.41, 5.74) is 8.83. The minimum atomic E-state index is 0.188. The lowest BCUT2D eigenvalue weighted by Gasteiger charge is -2.09. The van der Waals surface area contributed by atoms with Gasteiger partial charge in [-0.15, -0.1) is 0 Å². The van der Waals surface area contributed by atoms with Crippen molar-refractivity contribution in [3.63, 3.8) is 0 Å². The van der Waals surface area contributed by atoms with Crippen LogP contribution in [-0.4, -0.2) is 23.0 Å². The van der Waals surface area contributed by atoms with Gasteiger partial charge >= 0.3 is 0 Å². The van der Waals surface area contributed by atoms with Crippen molar-refractivity contribution in [3.05, 3.63) is 23.8 Å². The zero-order chi connectivity index (χ0) is 13.6. The molecule has 1 aromatic carbocycles. The van der Waals surface area contributed by atoms with Gasteiger partial charge < -0.3 is 15.2 Å². The minimum Gasteiger partial charge on any atom is -0.493 e. The quantitative estimate of drug-likeness (QED) is 0.896. The molecule has 1 unspecified atom stereocenters. The second-order valence-corrected chi connectivity index (χ2v) is 4.88. The lowest BCUT2D eigenvalue weighted by Crippen LogP contribution is -2.05. The highest BCUT2D eigenvalue weighted by molar-refractivity contribution is 5.69. The zero-order valence-corrected chi connectivity index (χ0v) is 11.3. The molecule has 5 heteroatoms. The maximum atomic E-state index is 5.83. The molecule has 0 fully saturated rings. The molecule has 2 aromatic rings. The molecule has 0 saturated heterocycles. The molecule has 5 nitrogen and oxygen atoms in total. The Kier molecular flexibility index (Phi) is 2.62. The van der Waals surface area contributed by atoms with Gasteiger partial charge in [-0.3, -0.25) is 4.68 Å². The van der Waals surface area contributed by atoms with E-state index in [2.05, 4.69) is 18.1 Å². The Morgan fingerprint density at radius 2 is 2.21 bits per heavy atom. The summed E-state index contributed by atoms with van der Waals surface area (Å²) >= 11 is 0. The maximum absolute atomic E-state index is 5.83. The van der Waals surface area contributed by atoms with Crippen LogP contribution in [0.4, 0.5) is 5.82 Å². The Morgan fingerprint density at radius 1 is 1.42 bits per heavy atom. The second-order valence-electron chi connectivity index (χ2n) is 4.88. The largest absolute Gasteiger partial charge is 0.493 e. The smallest absolute Gasteiger partial charge is 0.164 e. The number of anilines is 1. The fourth-order valence-corrected chi connectivity index (χ4v) is 2.42. The van der Waals surface area contributed by atoms with E-state index in [9.17, 15) is 0 Å². The van der Waals surface area contributed by atoms with Gasteiger partial charge in [0.15, 0.2) is 11.5 Å². The molecule has 0 saturated carbocycles. The number of hydrogen-bond donors (Lipinski definition) is 1. The highest BCUT2D eigenvalue weighted by Gasteiger charge is 2.24. The standard InChI is InChI=1S/C14H17N3O2/c1-8-4-10-5-9(6-12(18-3)14(10)19-8)11-7-13(15)17(2)16-11/h5-8H,4,15H2,1-3H3. The molecule has 1 aliphatic rings. The molecule has 2 N–H and O–H groups in total. The number of hydrogen-bond acceptors (Lipinski definition) is 4. The number of nitrogen functional groups attached to an aromatic ring is 1. The van der Waals surface area contributed by atoms with Gasteiger partial charge in [0.25, 0.3) is 0 Å². The molecule has 2 heterocycles. The van der Waals surface area contributed by atoms with Gasteiger partial charge in [-0.1, -0.05) is 0 Å². The minimum absolute atomic E-state index is 0.188. The van der Waals surface area contributed by atoms with Crippen molar-refractivity contribution in [1.29, 1.82) is 0 Å². The molecule has 3 rings (SSSR count). The van der Waals surface area contributed by atoms with E-state index in [-0.39, 0.29) is 6.10 Å². The van der Waals surface area contributed by atoms with Gasteiger partial charge in [0, 0.05) is 30.7 Å². The summed E-state index contributed by atoms with van der Waals surface area (Å²) in [6, 6.07) is 5.90. The summed E-state index contributed by atoms with van der Waals surface area (Å²) in [6.45, 7) is 2.05. The number of fused-ring (bicyclic) bond motifs is 1. The average molecular weight is 259 g/mol. The van der Waals surface area contributed by atoms with Crippen LogP contribution < -0.4 is 15.2 Å². The zero-order valence-electron chi connectivity index (χ0n) is 11.3. The Bertz CT molecular complexity index is 614. The number of nitrogens with zero attached hydrogens (tertiary/aromatic N) is 2. The van der Waals surface area contributed by atoms with Crippen LogP contribution >= 0.6 is 0 Å². The second kappa shape index (κ2) is 4.19. The molecule has 1 aromatic heterocycles.